The van der Waals surface area contributed by atoms with E-state index in [0.717, 1.165) is 56.0 Å². The first-order chi connectivity index (χ1) is 9.22. The lowest BCUT2D eigenvalue weighted by Gasteiger charge is -2.54. The minimum Gasteiger partial charge on any atom is -0.379 e. The first-order valence-corrected chi connectivity index (χ1v) is 8.18. The van der Waals surface area contributed by atoms with Crippen LogP contribution in [0, 0.1) is 23.7 Å². The normalized spacial score (nSPS) is 40.3. The third-order valence-corrected chi connectivity index (χ3v) is 5.54. The summed E-state index contributed by atoms with van der Waals surface area (Å²) in [4.78, 5) is 2.17. The summed E-state index contributed by atoms with van der Waals surface area (Å²) >= 11 is 0. The highest BCUT2D eigenvalue weighted by atomic mass is 16.5. The Balaban J connectivity index is 1.35. The average molecular weight is 266 g/mol. The molecule has 0 heterocycles. The standard InChI is InChI=1S/C16H30N2O/c1-18(2)4-6-19-5-3-17-16-14-8-12-7-13(10-14)11-15(16)9-12/h12-17H,3-11H2,1-2H3. The minimum atomic E-state index is 0.810. The maximum Gasteiger partial charge on any atom is 0.0593 e. The summed E-state index contributed by atoms with van der Waals surface area (Å²) in [6.07, 6.45) is 7.57. The molecule has 0 saturated heterocycles. The fourth-order valence-electron chi connectivity index (χ4n) is 4.91. The molecule has 0 unspecified atom stereocenters. The second-order valence-electron chi connectivity index (χ2n) is 7.33. The number of hydrogen-bond donors (Lipinski definition) is 1. The van der Waals surface area contributed by atoms with Gasteiger partial charge in [0.2, 0.25) is 0 Å². The molecule has 3 heteroatoms. The Kier molecular flexibility index (Phi) is 4.45. The quantitative estimate of drug-likeness (QED) is 0.713. The first-order valence-electron chi connectivity index (χ1n) is 8.18. The van der Waals surface area contributed by atoms with E-state index in [-0.39, 0.29) is 0 Å². The molecule has 4 aliphatic rings. The van der Waals surface area contributed by atoms with Gasteiger partial charge in [0.15, 0.2) is 0 Å². The van der Waals surface area contributed by atoms with Gasteiger partial charge in [-0.15, -0.1) is 0 Å². The van der Waals surface area contributed by atoms with Crippen molar-refractivity contribution in [2.24, 2.45) is 23.7 Å². The van der Waals surface area contributed by atoms with Crippen LogP contribution in [0.4, 0.5) is 0 Å². The van der Waals surface area contributed by atoms with Crippen molar-refractivity contribution in [3.05, 3.63) is 0 Å². The van der Waals surface area contributed by atoms with Gasteiger partial charge in [-0.05, 0) is 69.9 Å². The zero-order chi connectivity index (χ0) is 13.2. The van der Waals surface area contributed by atoms with Crippen molar-refractivity contribution in [1.29, 1.82) is 0 Å². The van der Waals surface area contributed by atoms with Crippen LogP contribution in [0.5, 0.6) is 0 Å². The van der Waals surface area contributed by atoms with Crippen LogP contribution < -0.4 is 5.32 Å². The van der Waals surface area contributed by atoms with E-state index in [1.54, 1.807) is 6.42 Å². The zero-order valence-corrected chi connectivity index (χ0v) is 12.6. The largest absolute Gasteiger partial charge is 0.379 e. The molecule has 0 aromatic carbocycles. The molecule has 3 nitrogen and oxygen atoms in total. The molecule has 0 spiro atoms. The number of ether oxygens (including phenoxy) is 1. The van der Waals surface area contributed by atoms with Crippen LogP contribution in [-0.4, -0.2) is 51.3 Å². The van der Waals surface area contributed by atoms with Crippen molar-refractivity contribution >= 4 is 0 Å². The molecular weight excluding hydrogens is 236 g/mol. The molecule has 0 aliphatic heterocycles. The predicted octanol–water partition coefficient (Wildman–Crippen LogP) is 1.98. The fourth-order valence-corrected chi connectivity index (χ4v) is 4.91. The monoisotopic (exact) mass is 266 g/mol. The van der Waals surface area contributed by atoms with Crippen molar-refractivity contribution in [3.63, 3.8) is 0 Å². The van der Waals surface area contributed by atoms with Crippen molar-refractivity contribution < 1.29 is 4.74 Å². The molecule has 19 heavy (non-hydrogen) atoms. The van der Waals surface area contributed by atoms with E-state index < -0.39 is 0 Å². The summed E-state index contributed by atoms with van der Waals surface area (Å²) in [5.74, 6) is 4.13. The second-order valence-corrected chi connectivity index (χ2v) is 7.33. The lowest BCUT2D eigenvalue weighted by Crippen LogP contribution is -2.55. The molecule has 4 fully saturated rings. The van der Waals surface area contributed by atoms with Crippen LogP contribution >= 0.6 is 0 Å². The Hall–Kier alpha value is -0.120. The Morgan fingerprint density at radius 3 is 2.16 bits per heavy atom. The smallest absolute Gasteiger partial charge is 0.0593 e. The van der Waals surface area contributed by atoms with E-state index >= 15 is 0 Å². The first kappa shape index (κ1) is 13.8. The molecule has 4 saturated carbocycles. The van der Waals surface area contributed by atoms with Gasteiger partial charge in [0, 0.05) is 19.1 Å². The van der Waals surface area contributed by atoms with Gasteiger partial charge < -0.3 is 15.0 Å². The Morgan fingerprint density at radius 1 is 0.947 bits per heavy atom. The number of likely N-dealkylation sites (N-methyl/N-ethyl adjacent to an activating group) is 1. The van der Waals surface area contributed by atoms with Gasteiger partial charge in [-0.25, -0.2) is 0 Å². The van der Waals surface area contributed by atoms with Crippen LogP contribution in [-0.2, 0) is 4.74 Å². The van der Waals surface area contributed by atoms with Gasteiger partial charge in [-0.1, -0.05) is 0 Å². The second kappa shape index (κ2) is 6.11. The highest BCUT2D eigenvalue weighted by molar-refractivity contribution is 5.01. The highest BCUT2D eigenvalue weighted by Crippen LogP contribution is 2.53. The summed E-state index contributed by atoms with van der Waals surface area (Å²) in [7, 11) is 4.19. The van der Waals surface area contributed by atoms with Crippen molar-refractivity contribution in [2.75, 3.05) is 40.4 Å². The minimum absolute atomic E-state index is 0.810. The SMILES string of the molecule is CN(C)CCOCCNC1C2CC3CC(C2)CC1C3. The average Bonchev–Trinajstić information content (AvgIpc) is 2.35. The van der Waals surface area contributed by atoms with Crippen molar-refractivity contribution in [1.82, 2.24) is 10.2 Å². The molecule has 0 atom stereocenters. The van der Waals surface area contributed by atoms with Gasteiger partial charge >= 0.3 is 0 Å². The van der Waals surface area contributed by atoms with E-state index in [1.807, 2.05) is 0 Å². The lowest BCUT2D eigenvalue weighted by molar-refractivity contribution is -0.0161. The van der Waals surface area contributed by atoms with Crippen LogP contribution in [0.1, 0.15) is 32.1 Å². The van der Waals surface area contributed by atoms with Gasteiger partial charge in [-0.3, -0.25) is 0 Å². The fraction of sp³-hybridized carbons (Fsp3) is 1.00. The highest BCUT2D eigenvalue weighted by Gasteiger charge is 2.47. The topological polar surface area (TPSA) is 24.5 Å². The van der Waals surface area contributed by atoms with E-state index in [2.05, 4.69) is 24.3 Å². The molecule has 1 N–H and O–H groups in total. The molecular formula is C16H30N2O. The van der Waals surface area contributed by atoms with Gasteiger partial charge in [-0.2, -0.15) is 0 Å². The molecule has 0 aromatic heterocycles. The maximum absolute atomic E-state index is 5.68. The van der Waals surface area contributed by atoms with Crippen molar-refractivity contribution in [3.8, 4) is 0 Å². The van der Waals surface area contributed by atoms with Crippen molar-refractivity contribution in [2.45, 2.75) is 38.1 Å². The molecule has 0 radical (unpaired) electrons. The molecule has 0 amide bonds. The van der Waals surface area contributed by atoms with Crippen LogP contribution in [0.25, 0.3) is 0 Å². The summed E-state index contributed by atoms with van der Waals surface area (Å²) in [6, 6.07) is 0.810. The predicted molar refractivity (Wildman–Crippen MR) is 78.2 cm³/mol. The van der Waals surface area contributed by atoms with Gasteiger partial charge in [0.05, 0.1) is 13.2 Å². The molecule has 4 aliphatic carbocycles. The number of nitrogens with zero attached hydrogens (tertiary/aromatic N) is 1. The van der Waals surface area contributed by atoms with Gasteiger partial charge in [0.25, 0.3) is 0 Å². The third-order valence-electron chi connectivity index (χ3n) is 5.54. The lowest BCUT2D eigenvalue weighted by atomic mass is 9.54. The van der Waals surface area contributed by atoms with Crippen LogP contribution in [0.15, 0.2) is 0 Å². The Labute approximate surface area is 118 Å². The van der Waals surface area contributed by atoms with E-state index in [9.17, 15) is 0 Å². The molecule has 4 rings (SSSR count). The van der Waals surface area contributed by atoms with Crippen LogP contribution in [0.3, 0.4) is 0 Å². The van der Waals surface area contributed by atoms with Crippen LogP contribution in [0.2, 0.25) is 0 Å². The molecule has 110 valence electrons. The molecule has 4 bridgehead atoms. The Morgan fingerprint density at radius 2 is 1.58 bits per heavy atom. The summed E-state index contributed by atoms with van der Waals surface area (Å²) in [5, 5.41) is 3.81. The number of nitrogens with one attached hydrogen (secondary N) is 1. The van der Waals surface area contributed by atoms with E-state index in [1.165, 1.54) is 25.7 Å². The zero-order valence-electron chi connectivity index (χ0n) is 12.6. The Bertz CT molecular complexity index is 264. The van der Waals surface area contributed by atoms with E-state index in [0.29, 0.717) is 0 Å². The number of hydrogen-bond acceptors (Lipinski definition) is 3. The summed E-state index contributed by atoms with van der Waals surface area (Å²) in [5.41, 5.74) is 0. The van der Waals surface area contributed by atoms with E-state index in [4.69, 9.17) is 4.74 Å². The van der Waals surface area contributed by atoms with Gasteiger partial charge in [0.1, 0.15) is 0 Å². The summed E-state index contributed by atoms with van der Waals surface area (Å²) < 4.78 is 5.68. The number of rotatable bonds is 7. The maximum atomic E-state index is 5.68. The molecule has 0 aromatic rings. The third kappa shape index (κ3) is 3.32. The summed E-state index contributed by atoms with van der Waals surface area (Å²) in [6.45, 7) is 3.80.